The first-order chi connectivity index (χ1) is 8.00. The lowest BCUT2D eigenvalue weighted by Crippen LogP contribution is -2.36. The Morgan fingerprint density at radius 1 is 1.47 bits per heavy atom. The molecule has 92 valence electrons. The van der Waals surface area contributed by atoms with Crippen LogP contribution in [0.25, 0.3) is 0 Å². The first kappa shape index (κ1) is 13.5. The number of carbonyl (C=O) groups excluding carboxylic acids is 2. The van der Waals surface area contributed by atoms with E-state index in [1.165, 1.54) is 0 Å². The number of carbonyl (C=O) groups is 2. The number of hydrogen-bond donors (Lipinski definition) is 3. The molecule has 0 fully saturated rings. The van der Waals surface area contributed by atoms with Crippen molar-refractivity contribution in [3.05, 3.63) is 34.9 Å². The number of nitrogens with two attached hydrogens (primary N) is 1. The Hall–Kier alpha value is -1.59. The average molecular weight is 257 g/mol. The summed E-state index contributed by atoms with van der Waals surface area (Å²) in [6, 6.07) is 6.80. The van der Waals surface area contributed by atoms with Crippen LogP contribution in [0.15, 0.2) is 24.3 Å². The van der Waals surface area contributed by atoms with Gasteiger partial charge in [-0.05, 0) is 24.1 Å². The van der Waals surface area contributed by atoms with E-state index in [2.05, 4.69) is 5.32 Å². The third-order valence-corrected chi connectivity index (χ3v) is 2.40. The van der Waals surface area contributed by atoms with Crippen molar-refractivity contribution in [1.29, 1.82) is 0 Å². The summed E-state index contributed by atoms with van der Waals surface area (Å²) in [6.45, 7) is 0.162. The Bertz CT molecular complexity index is 423. The molecular formula is C11H13ClN2O3. The number of aliphatic hydroxyl groups excluding tert-OH is 1. The quantitative estimate of drug-likeness (QED) is 0.680. The Balaban J connectivity index is 2.42. The molecule has 6 heteroatoms. The highest BCUT2D eigenvalue weighted by Crippen LogP contribution is 2.19. The second-order valence-electron chi connectivity index (χ2n) is 3.48. The zero-order chi connectivity index (χ0) is 12.8. The fourth-order valence-electron chi connectivity index (χ4n) is 1.29. The van der Waals surface area contributed by atoms with Gasteiger partial charge in [0.2, 0.25) is 0 Å². The van der Waals surface area contributed by atoms with Crippen molar-refractivity contribution in [2.24, 2.45) is 5.73 Å². The van der Waals surface area contributed by atoms with E-state index in [1.807, 2.05) is 0 Å². The molecular weight excluding hydrogens is 244 g/mol. The van der Waals surface area contributed by atoms with Crippen molar-refractivity contribution in [2.75, 3.05) is 6.54 Å². The maximum Gasteiger partial charge on any atom is 0.309 e. The smallest absolute Gasteiger partial charge is 0.309 e. The zero-order valence-electron chi connectivity index (χ0n) is 9.02. The molecule has 0 aliphatic heterocycles. The van der Waals surface area contributed by atoms with Crippen LogP contribution in [0.1, 0.15) is 18.1 Å². The minimum Gasteiger partial charge on any atom is -0.388 e. The summed E-state index contributed by atoms with van der Waals surface area (Å²) in [5, 5.41) is 12.6. The Morgan fingerprint density at radius 3 is 2.76 bits per heavy atom. The van der Waals surface area contributed by atoms with Gasteiger partial charge in [0.25, 0.3) is 0 Å². The lowest BCUT2D eigenvalue weighted by atomic mass is 10.1. The van der Waals surface area contributed by atoms with Gasteiger partial charge in [-0.15, -0.1) is 0 Å². The van der Waals surface area contributed by atoms with Gasteiger partial charge in [0.1, 0.15) is 0 Å². The molecule has 2 amide bonds. The molecule has 0 aromatic heterocycles. The van der Waals surface area contributed by atoms with E-state index in [9.17, 15) is 14.7 Å². The van der Waals surface area contributed by atoms with Crippen LogP contribution < -0.4 is 11.1 Å². The summed E-state index contributed by atoms with van der Waals surface area (Å²) >= 11 is 5.77. The number of benzene rings is 1. The van der Waals surface area contributed by atoms with Gasteiger partial charge in [0.15, 0.2) is 0 Å². The van der Waals surface area contributed by atoms with Gasteiger partial charge < -0.3 is 16.2 Å². The van der Waals surface area contributed by atoms with Crippen molar-refractivity contribution < 1.29 is 14.7 Å². The molecule has 1 rings (SSSR count). The maximum atomic E-state index is 10.8. The number of nitrogens with one attached hydrogen (secondary N) is 1. The lowest BCUT2D eigenvalue weighted by molar-refractivity contribution is -0.137. The predicted octanol–water partition coefficient (Wildman–Crippen LogP) is 0.365. The third kappa shape index (κ3) is 4.42. The average Bonchev–Trinajstić information content (AvgIpc) is 2.28. The number of halogens is 1. The van der Waals surface area contributed by atoms with Crippen LogP contribution in [0.3, 0.4) is 0 Å². The summed E-state index contributed by atoms with van der Waals surface area (Å²) in [4.78, 5) is 21.2. The van der Waals surface area contributed by atoms with E-state index in [-0.39, 0.29) is 13.0 Å². The Morgan fingerprint density at radius 2 is 2.18 bits per heavy atom. The minimum absolute atomic E-state index is 0.162. The molecule has 0 bridgehead atoms. The van der Waals surface area contributed by atoms with Gasteiger partial charge >= 0.3 is 11.8 Å². The molecule has 0 saturated heterocycles. The summed E-state index contributed by atoms with van der Waals surface area (Å²) in [7, 11) is 0. The van der Waals surface area contributed by atoms with Crippen molar-refractivity contribution in [3.8, 4) is 0 Å². The fraction of sp³-hybridized carbons (Fsp3) is 0.273. The minimum atomic E-state index is -1.04. The monoisotopic (exact) mass is 256 g/mol. The zero-order valence-corrected chi connectivity index (χ0v) is 9.78. The van der Waals surface area contributed by atoms with Crippen LogP contribution in [-0.2, 0) is 9.59 Å². The molecule has 1 aromatic carbocycles. The first-order valence-corrected chi connectivity index (χ1v) is 5.39. The van der Waals surface area contributed by atoms with Crippen LogP contribution in [-0.4, -0.2) is 23.5 Å². The first-order valence-electron chi connectivity index (χ1n) is 5.02. The van der Waals surface area contributed by atoms with Gasteiger partial charge in [-0.1, -0.05) is 23.7 Å². The van der Waals surface area contributed by atoms with E-state index in [1.54, 1.807) is 24.3 Å². The number of amides is 2. The molecule has 4 N–H and O–H groups in total. The van der Waals surface area contributed by atoms with Gasteiger partial charge in [-0.25, -0.2) is 0 Å². The van der Waals surface area contributed by atoms with E-state index in [4.69, 9.17) is 17.3 Å². The molecule has 0 radical (unpaired) electrons. The number of primary amides is 1. The van der Waals surface area contributed by atoms with Crippen molar-refractivity contribution in [2.45, 2.75) is 12.5 Å². The maximum absolute atomic E-state index is 10.8. The number of rotatable bonds is 4. The largest absolute Gasteiger partial charge is 0.388 e. The Labute approximate surface area is 104 Å². The molecule has 5 nitrogen and oxygen atoms in total. The summed E-state index contributed by atoms with van der Waals surface area (Å²) < 4.78 is 0. The standard InChI is InChI=1S/C11H13ClN2O3/c12-8-3-1-2-7(6-8)9(15)4-5-14-11(17)10(13)16/h1-3,6,9,15H,4-5H2,(H2,13,16)(H,14,17)/t9-/m0/s1. The SMILES string of the molecule is NC(=O)C(=O)NCC[C@H](O)c1cccc(Cl)c1. The number of aliphatic hydroxyl groups is 1. The van der Waals surface area contributed by atoms with Gasteiger partial charge in [0, 0.05) is 11.6 Å². The van der Waals surface area contributed by atoms with Crippen molar-refractivity contribution in [3.63, 3.8) is 0 Å². The molecule has 0 unspecified atom stereocenters. The van der Waals surface area contributed by atoms with Crippen LogP contribution in [0.2, 0.25) is 5.02 Å². The molecule has 0 aliphatic rings. The second-order valence-corrected chi connectivity index (χ2v) is 3.92. The van der Waals surface area contributed by atoms with E-state index in [0.717, 1.165) is 0 Å². The van der Waals surface area contributed by atoms with Gasteiger partial charge in [-0.2, -0.15) is 0 Å². The topological polar surface area (TPSA) is 92.4 Å². The second kappa shape index (κ2) is 6.22. The van der Waals surface area contributed by atoms with Gasteiger partial charge in [0.05, 0.1) is 6.10 Å². The predicted molar refractivity (Wildman–Crippen MR) is 63.2 cm³/mol. The molecule has 1 aromatic rings. The van der Waals surface area contributed by atoms with E-state index < -0.39 is 17.9 Å². The van der Waals surface area contributed by atoms with Crippen molar-refractivity contribution >= 4 is 23.4 Å². The highest BCUT2D eigenvalue weighted by molar-refractivity contribution is 6.34. The normalized spacial score (nSPS) is 11.9. The van der Waals surface area contributed by atoms with Crippen LogP contribution in [0.4, 0.5) is 0 Å². The molecule has 17 heavy (non-hydrogen) atoms. The van der Waals surface area contributed by atoms with Gasteiger partial charge in [-0.3, -0.25) is 9.59 Å². The fourth-order valence-corrected chi connectivity index (χ4v) is 1.49. The molecule has 1 atom stereocenters. The molecule has 0 heterocycles. The van der Waals surface area contributed by atoms with Crippen LogP contribution >= 0.6 is 11.6 Å². The molecule has 0 spiro atoms. The highest BCUT2D eigenvalue weighted by Gasteiger charge is 2.11. The summed E-state index contributed by atoms with van der Waals surface area (Å²) in [6.07, 6.45) is -0.471. The number of hydrogen-bond acceptors (Lipinski definition) is 3. The van der Waals surface area contributed by atoms with Crippen molar-refractivity contribution in [1.82, 2.24) is 5.32 Å². The van der Waals surface area contributed by atoms with E-state index in [0.29, 0.717) is 10.6 Å². The van der Waals surface area contributed by atoms with Crippen LogP contribution in [0.5, 0.6) is 0 Å². The van der Waals surface area contributed by atoms with E-state index >= 15 is 0 Å². The summed E-state index contributed by atoms with van der Waals surface area (Å²) in [5.74, 6) is -1.90. The molecule has 0 aliphatic carbocycles. The third-order valence-electron chi connectivity index (χ3n) is 2.16. The van der Waals surface area contributed by atoms with Crippen LogP contribution in [0, 0.1) is 0 Å². The highest BCUT2D eigenvalue weighted by atomic mass is 35.5. The summed E-state index contributed by atoms with van der Waals surface area (Å²) in [5.41, 5.74) is 5.41. The molecule has 0 saturated carbocycles. The Kier molecular flexibility index (Phi) is 4.93. The lowest BCUT2D eigenvalue weighted by Gasteiger charge is -2.11.